The van der Waals surface area contributed by atoms with Crippen molar-refractivity contribution in [1.29, 1.82) is 0 Å². The van der Waals surface area contributed by atoms with Gasteiger partial charge in [0.2, 0.25) is 0 Å². The summed E-state index contributed by atoms with van der Waals surface area (Å²) in [4.78, 5) is 0. The van der Waals surface area contributed by atoms with E-state index in [0.29, 0.717) is 0 Å². The van der Waals surface area contributed by atoms with E-state index in [0.717, 1.165) is 0 Å². The minimum atomic E-state index is -2.09. The lowest BCUT2D eigenvalue weighted by molar-refractivity contribution is -0.398. The Kier molecular flexibility index (Phi) is 24.1. The first-order chi connectivity index (χ1) is 41.9. The Labute approximate surface area is 500 Å². The zero-order valence-corrected chi connectivity index (χ0v) is 47.1. The molecule has 30 rings (SSSR count). The highest BCUT2D eigenvalue weighted by Crippen LogP contribution is 2.39. The quantitative estimate of drug-likeness (QED) is 0.107. The molecule has 40 nitrogen and oxygen atoms in total. The molecule has 88 heavy (non-hydrogen) atoms. The molecule has 0 radical (unpaired) electrons. The summed E-state index contributed by atoms with van der Waals surface area (Å²) >= 11 is 0. The zero-order chi connectivity index (χ0) is 64.1. The van der Waals surface area contributed by atoms with E-state index in [4.69, 9.17) is 122 Å². The largest absolute Gasteiger partial charge is 0.387 e. The molecule has 30 aliphatic heterocycles. The van der Waals surface area contributed by atoms with Crippen LogP contribution in [0.2, 0.25) is 0 Å². The maximum atomic E-state index is 11.5. The second kappa shape index (κ2) is 30.0. The third-order valence-corrected chi connectivity index (χ3v) is 17.3. The lowest BCUT2D eigenvalue weighted by atomic mass is 9.94. The Balaban J connectivity index is 0.975. The van der Waals surface area contributed by atoms with Gasteiger partial charge in [0.15, 0.2) is 50.3 Å². The minimum Gasteiger partial charge on any atom is -0.387 e. The van der Waals surface area contributed by atoms with Crippen molar-refractivity contribution in [3.05, 3.63) is 0 Å². The van der Waals surface area contributed by atoms with Crippen molar-refractivity contribution in [2.24, 2.45) is 45.9 Å². The normalized spacial score (nSPS) is 55.4. The smallest absolute Gasteiger partial charge is 0.187 e. The zero-order valence-electron chi connectivity index (χ0n) is 47.1. The fraction of sp³-hybridized carbons (Fsp3) is 1.00. The molecule has 0 saturated carbocycles. The summed E-state index contributed by atoms with van der Waals surface area (Å²) in [6.07, 6.45) is -73.2. The highest BCUT2D eigenvalue weighted by molar-refractivity contribution is 5.03. The van der Waals surface area contributed by atoms with E-state index >= 15 is 0 Å². The average molecular weight is 1290 g/mol. The predicted octanol–water partition coefficient (Wildman–Crippen LogP) is -17.7. The molecule has 32 N–H and O–H groups in total. The molecule has 0 amide bonds. The number of aliphatic hydroxyl groups is 16. The van der Waals surface area contributed by atoms with Gasteiger partial charge in [0.25, 0.3) is 0 Å². The second-order valence-corrected chi connectivity index (χ2v) is 22.9. The van der Waals surface area contributed by atoms with Crippen LogP contribution < -0.4 is 45.9 Å². The fourth-order valence-electron chi connectivity index (χ4n) is 12.2. The lowest BCUT2D eigenvalue weighted by Crippen LogP contribution is -2.69. The number of nitrogens with two attached hydrogens (primary N) is 8. The molecule has 30 heterocycles. The molecule has 30 saturated heterocycles. The van der Waals surface area contributed by atoms with Crippen LogP contribution in [0.25, 0.3) is 0 Å². The second-order valence-electron chi connectivity index (χ2n) is 22.9. The number of hydrogen-bond acceptors (Lipinski definition) is 40. The Morgan fingerprint density at radius 2 is 0.239 bits per heavy atom. The van der Waals surface area contributed by atoms with Crippen LogP contribution in [0.15, 0.2) is 0 Å². The standard InChI is InChI=1S/C48H88N8O32/c49-1-9-33-17(57)25(65)41(73-9)82-34-10(2-50)75-43(27(67)19(34)59)84-36-12(4-52)77-45(29(69)21(36)61)86-38-14(6-54)79-47(31(71)23(38)63)88-40-16(8-56)80-48(32(72)24(40)64)87-39-15(7-55)78-46(30(70)22(39)62)85-37-13(5-53)76-44(28(68)20(37)60)83-35-11(3-51)74-42(81-33)26(66)18(35)58/h9-48,57-72H,1-8,49-56H2/t9-,10-,11-,12-,13-,14-,15-,16-,17-,18-,19-,20-,21-,22-,23-,24-,25-,26-,27-,28-,29-,30-,31-,32?,33-,34-,35-,36-,37-,38-,39-,40-,41-,42-,43-,44-,45-,46-,47-,48-/m1/s1. The fourth-order valence-corrected chi connectivity index (χ4v) is 12.2. The highest BCUT2D eigenvalue weighted by Gasteiger charge is 2.60. The summed E-state index contributed by atoms with van der Waals surface area (Å²) in [5.41, 5.74) is 48.3. The van der Waals surface area contributed by atoms with Gasteiger partial charge in [-0.2, -0.15) is 0 Å². The first kappa shape index (κ1) is 70.7. The van der Waals surface area contributed by atoms with E-state index in [1.54, 1.807) is 0 Å². The maximum Gasteiger partial charge on any atom is 0.187 e. The van der Waals surface area contributed by atoms with Crippen LogP contribution in [-0.4, -0.2) is 380 Å². The van der Waals surface area contributed by atoms with Crippen molar-refractivity contribution in [2.75, 3.05) is 52.4 Å². The summed E-state index contributed by atoms with van der Waals surface area (Å²) in [5, 5.41) is 184. The van der Waals surface area contributed by atoms with Gasteiger partial charge in [0.05, 0.1) is 0 Å². The molecule has 30 fully saturated rings. The molecule has 512 valence electrons. The van der Waals surface area contributed by atoms with Crippen LogP contribution in [-0.2, 0) is 75.8 Å². The third kappa shape index (κ3) is 13.8. The van der Waals surface area contributed by atoms with Gasteiger partial charge in [-0.15, -0.1) is 0 Å². The maximum absolute atomic E-state index is 11.5. The predicted molar refractivity (Wildman–Crippen MR) is 277 cm³/mol. The van der Waals surface area contributed by atoms with E-state index in [1.807, 2.05) is 0 Å². The van der Waals surface area contributed by atoms with Crippen molar-refractivity contribution >= 4 is 0 Å². The Bertz CT molecular complexity index is 1730. The van der Waals surface area contributed by atoms with E-state index < -0.39 is 298 Å². The monoisotopic (exact) mass is 1290 g/mol. The van der Waals surface area contributed by atoms with E-state index in [9.17, 15) is 81.7 Å². The Hall–Kier alpha value is -1.60. The highest BCUT2D eigenvalue weighted by atomic mass is 16.8. The van der Waals surface area contributed by atoms with Gasteiger partial charge >= 0.3 is 0 Å². The molecule has 0 aliphatic carbocycles. The minimum absolute atomic E-state index is 0.496. The summed E-state index contributed by atoms with van der Waals surface area (Å²) in [5.74, 6) is 0. The number of aliphatic hydroxyl groups excluding tert-OH is 16. The van der Waals surface area contributed by atoms with Gasteiger partial charge in [-0.3, -0.25) is 0 Å². The van der Waals surface area contributed by atoms with Gasteiger partial charge in [-0.25, -0.2) is 0 Å². The third-order valence-electron chi connectivity index (χ3n) is 17.3. The van der Waals surface area contributed by atoms with Crippen LogP contribution in [0.5, 0.6) is 0 Å². The molecule has 0 aromatic carbocycles. The molecule has 16 bridgehead atoms. The number of rotatable bonds is 8. The van der Waals surface area contributed by atoms with Crippen molar-refractivity contribution in [2.45, 2.75) is 246 Å². The topological polar surface area (TPSA) is 680 Å². The molecular weight excluding hydrogens is 1200 g/mol. The van der Waals surface area contributed by atoms with Gasteiger partial charge in [-0.1, -0.05) is 0 Å². The van der Waals surface area contributed by atoms with Crippen molar-refractivity contribution in [1.82, 2.24) is 0 Å². The summed E-state index contributed by atoms with van der Waals surface area (Å²) in [7, 11) is 0. The molecule has 0 aromatic rings. The number of ether oxygens (including phenoxy) is 16. The van der Waals surface area contributed by atoms with Crippen LogP contribution in [0.4, 0.5) is 0 Å². The summed E-state index contributed by atoms with van der Waals surface area (Å²) in [6, 6.07) is 0. The van der Waals surface area contributed by atoms with E-state index in [-0.39, 0.29) is 0 Å². The van der Waals surface area contributed by atoms with E-state index in [1.165, 1.54) is 0 Å². The molecular formula is C48H88N8O32. The van der Waals surface area contributed by atoms with Crippen LogP contribution in [0.3, 0.4) is 0 Å². The SMILES string of the molecule is NC[C@H]1O[C@@H]2O[C@H]3[C@H](O)[C@@H](O)[C@@H](O[C@H]4[C@H](O)[C@@H](O)[C@@H](O[C@H]5[C@H](O)[C@@H](O)[C@@H](O[C@H]6[C@H](O)[C@@H](O)[C@@H](O[C@H]7[C@H](O)[C@@H](O)[C@@H](O[C@H]8[C@H](O)[C@@H](O)[C@@H](O[C@H]9[C@H](O)C(O)[C@@H](O[C@H]1[C@H](O)[C@H]2O)O[C@@H]9CN)O[C@@H]8CN)O[C@@H]7CN)O[C@@H]6CN)O[C@@H]5CN)O[C@@H]4CN)O[C@@H]3CN. The van der Waals surface area contributed by atoms with E-state index in [2.05, 4.69) is 0 Å². The van der Waals surface area contributed by atoms with Crippen LogP contribution >= 0.6 is 0 Å². The Morgan fingerprint density at radius 3 is 0.318 bits per heavy atom. The van der Waals surface area contributed by atoms with Gasteiger partial charge < -0.3 is 203 Å². The van der Waals surface area contributed by atoms with Gasteiger partial charge in [-0.05, 0) is 0 Å². The van der Waals surface area contributed by atoms with Gasteiger partial charge in [0, 0.05) is 52.4 Å². The van der Waals surface area contributed by atoms with Crippen LogP contribution in [0.1, 0.15) is 0 Å². The molecule has 1 unspecified atom stereocenters. The van der Waals surface area contributed by atoms with Crippen molar-refractivity contribution in [3.8, 4) is 0 Å². The lowest BCUT2D eigenvalue weighted by Gasteiger charge is -2.51. The first-order valence-corrected chi connectivity index (χ1v) is 28.9. The molecule has 0 aromatic heterocycles. The molecule has 40 atom stereocenters. The van der Waals surface area contributed by atoms with Crippen molar-refractivity contribution < 1.29 is 157 Å². The summed E-state index contributed by atoms with van der Waals surface area (Å²) < 4.78 is 94.5. The first-order valence-electron chi connectivity index (χ1n) is 28.9. The average Bonchev–Trinajstić information content (AvgIpc) is 1.09. The molecule has 0 spiro atoms. The summed E-state index contributed by atoms with van der Waals surface area (Å²) in [6.45, 7) is -3.97. The van der Waals surface area contributed by atoms with Gasteiger partial charge in [0.1, 0.15) is 195 Å². The Morgan fingerprint density at radius 1 is 0.148 bits per heavy atom. The van der Waals surface area contributed by atoms with Crippen molar-refractivity contribution in [3.63, 3.8) is 0 Å². The molecule has 40 heteroatoms. The van der Waals surface area contributed by atoms with Crippen LogP contribution in [0, 0.1) is 0 Å². The number of hydrogen-bond donors (Lipinski definition) is 24. The molecule has 30 aliphatic rings.